The molecular weight excluding hydrogens is 142 g/mol. The summed E-state index contributed by atoms with van der Waals surface area (Å²) >= 11 is 0. The minimum Gasteiger partial charge on any atom is -0.370 e. The molecule has 1 unspecified atom stereocenters. The number of ketones is 1. The summed E-state index contributed by atoms with van der Waals surface area (Å²) in [5.74, 6) is 0.125. The molecule has 1 heterocycles. The maximum absolute atomic E-state index is 11.0. The van der Waals surface area contributed by atoms with E-state index >= 15 is 0 Å². The molecule has 4 nitrogen and oxygen atoms in total. The van der Waals surface area contributed by atoms with E-state index in [4.69, 9.17) is 11.1 Å². The quantitative estimate of drug-likeness (QED) is 0.411. The maximum atomic E-state index is 11.0. The van der Waals surface area contributed by atoms with Crippen LogP contribution in [0.1, 0.15) is 19.8 Å². The van der Waals surface area contributed by atoms with Crippen LogP contribution in [-0.2, 0) is 4.79 Å². The van der Waals surface area contributed by atoms with E-state index in [0.717, 1.165) is 19.4 Å². The molecule has 1 atom stereocenters. The Labute approximate surface area is 65.9 Å². The third kappa shape index (κ3) is 1.50. The van der Waals surface area contributed by atoms with Crippen LogP contribution in [0.15, 0.2) is 0 Å². The number of Topliss-reactive ketones (excluding diaryl/α,β-unsaturated/α-hetero) is 1. The first-order valence-corrected chi connectivity index (χ1v) is 3.74. The Morgan fingerprint density at radius 3 is 2.73 bits per heavy atom. The molecule has 3 N–H and O–H groups in total. The highest BCUT2D eigenvalue weighted by Crippen LogP contribution is 2.16. The van der Waals surface area contributed by atoms with Gasteiger partial charge in [-0.15, -0.1) is 0 Å². The Morgan fingerprint density at radius 1 is 1.73 bits per heavy atom. The van der Waals surface area contributed by atoms with Crippen molar-refractivity contribution in [1.29, 1.82) is 5.41 Å². The van der Waals surface area contributed by atoms with Crippen molar-refractivity contribution in [3.05, 3.63) is 0 Å². The summed E-state index contributed by atoms with van der Waals surface area (Å²) < 4.78 is 0. The first-order valence-electron chi connectivity index (χ1n) is 3.74. The molecule has 0 saturated carbocycles. The molecule has 0 aliphatic carbocycles. The minimum atomic E-state index is -0.132. The molecule has 0 bridgehead atoms. The lowest BCUT2D eigenvalue weighted by Gasteiger charge is -2.21. The number of nitrogens with two attached hydrogens (primary N) is 1. The maximum Gasteiger partial charge on any atom is 0.188 e. The smallest absolute Gasteiger partial charge is 0.188 e. The van der Waals surface area contributed by atoms with Gasteiger partial charge in [0.05, 0.1) is 6.04 Å². The number of carbonyl (C=O) groups excluding carboxylic acids is 1. The summed E-state index contributed by atoms with van der Waals surface area (Å²) in [7, 11) is 0. The van der Waals surface area contributed by atoms with Gasteiger partial charge in [0.2, 0.25) is 0 Å². The van der Waals surface area contributed by atoms with Crippen molar-refractivity contribution in [1.82, 2.24) is 4.90 Å². The zero-order valence-electron chi connectivity index (χ0n) is 6.63. The fourth-order valence-electron chi connectivity index (χ4n) is 1.48. The van der Waals surface area contributed by atoms with Gasteiger partial charge in [-0.1, -0.05) is 0 Å². The van der Waals surface area contributed by atoms with Crippen LogP contribution in [-0.4, -0.2) is 29.2 Å². The third-order valence-electron chi connectivity index (χ3n) is 2.03. The molecule has 11 heavy (non-hydrogen) atoms. The lowest BCUT2D eigenvalue weighted by molar-refractivity contribution is -0.120. The summed E-state index contributed by atoms with van der Waals surface area (Å²) in [6.07, 6.45) is 1.80. The van der Waals surface area contributed by atoms with Gasteiger partial charge >= 0.3 is 0 Å². The molecule has 1 aliphatic heterocycles. The molecule has 1 fully saturated rings. The molecule has 0 amide bonds. The number of guanidine groups is 1. The van der Waals surface area contributed by atoms with Crippen molar-refractivity contribution in [3.8, 4) is 0 Å². The molecule has 0 aromatic heterocycles. The van der Waals surface area contributed by atoms with Crippen LogP contribution in [0.5, 0.6) is 0 Å². The molecule has 62 valence electrons. The Morgan fingerprint density at radius 2 is 2.36 bits per heavy atom. The van der Waals surface area contributed by atoms with Crippen molar-refractivity contribution < 1.29 is 4.79 Å². The van der Waals surface area contributed by atoms with Crippen LogP contribution in [0.4, 0.5) is 0 Å². The summed E-state index contributed by atoms with van der Waals surface area (Å²) in [5, 5.41) is 7.17. The van der Waals surface area contributed by atoms with E-state index in [-0.39, 0.29) is 17.8 Å². The molecule has 0 spiro atoms. The zero-order valence-corrected chi connectivity index (χ0v) is 6.63. The van der Waals surface area contributed by atoms with Crippen molar-refractivity contribution in [3.63, 3.8) is 0 Å². The second-order valence-electron chi connectivity index (χ2n) is 2.85. The fourth-order valence-corrected chi connectivity index (χ4v) is 1.48. The monoisotopic (exact) mass is 155 g/mol. The van der Waals surface area contributed by atoms with Crippen LogP contribution in [0.25, 0.3) is 0 Å². The van der Waals surface area contributed by atoms with Crippen molar-refractivity contribution in [2.45, 2.75) is 25.8 Å². The van der Waals surface area contributed by atoms with E-state index in [0.29, 0.717) is 0 Å². The van der Waals surface area contributed by atoms with E-state index in [1.54, 1.807) is 11.8 Å². The SMILES string of the molecule is CC(=O)C1CCCN1C(=N)N. The average Bonchev–Trinajstić information content (AvgIpc) is 2.32. The lowest BCUT2D eigenvalue weighted by Crippen LogP contribution is -2.43. The highest BCUT2D eigenvalue weighted by atomic mass is 16.1. The fraction of sp³-hybridized carbons (Fsp3) is 0.714. The molecular formula is C7H13N3O. The number of rotatable bonds is 1. The zero-order chi connectivity index (χ0) is 8.43. The average molecular weight is 155 g/mol. The van der Waals surface area contributed by atoms with Crippen LogP contribution in [0.2, 0.25) is 0 Å². The van der Waals surface area contributed by atoms with E-state index in [1.165, 1.54) is 0 Å². The molecule has 1 aliphatic rings. The predicted molar refractivity (Wildman–Crippen MR) is 42.3 cm³/mol. The summed E-state index contributed by atoms with van der Waals surface area (Å²) in [5.41, 5.74) is 5.28. The molecule has 4 heteroatoms. The molecule has 0 aromatic carbocycles. The summed E-state index contributed by atoms with van der Waals surface area (Å²) in [6, 6.07) is -0.132. The third-order valence-corrected chi connectivity index (χ3v) is 2.03. The molecule has 1 rings (SSSR count). The number of nitrogens with one attached hydrogen (secondary N) is 1. The molecule has 0 aromatic rings. The second kappa shape index (κ2) is 2.90. The number of hydrogen-bond acceptors (Lipinski definition) is 2. The van der Waals surface area contributed by atoms with Gasteiger partial charge in [-0.2, -0.15) is 0 Å². The standard InChI is InChI=1S/C7H13N3O/c1-5(11)6-3-2-4-10(6)7(8)9/h6H,2-4H2,1H3,(H3,8,9). The molecule has 0 radical (unpaired) electrons. The first-order chi connectivity index (χ1) is 5.13. The van der Waals surface area contributed by atoms with E-state index < -0.39 is 0 Å². The normalized spacial score (nSPS) is 23.7. The van der Waals surface area contributed by atoms with Crippen LogP contribution < -0.4 is 5.73 Å². The summed E-state index contributed by atoms with van der Waals surface area (Å²) in [4.78, 5) is 12.6. The van der Waals surface area contributed by atoms with Crippen LogP contribution >= 0.6 is 0 Å². The van der Waals surface area contributed by atoms with Gasteiger partial charge in [0.1, 0.15) is 0 Å². The van der Waals surface area contributed by atoms with Gasteiger partial charge in [-0.3, -0.25) is 10.2 Å². The Hall–Kier alpha value is -1.06. The second-order valence-corrected chi connectivity index (χ2v) is 2.85. The van der Waals surface area contributed by atoms with Crippen molar-refractivity contribution in [2.24, 2.45) is 5.73 Å². The highest BCUT2D eigenvalue weighted by molar-refractivity contribution is 5.87. The lowest BCUT2D eigenvalue weighted by atomic mass is 10.1. The Bertz CT molecular complexity index is 170. The van der Waals surface area contributed by atoms with E-state index in [9.17, 15) is 4.79 Å². The largest absolute Gasteiger partial charge is 0.370 e. The summed E-state index contributed by atoms with van der Waals surface area (Å²) in [6.45, 7) is 2.30. The Balaban J connectivity index is 2.65. The van der Waals surface area contributed by atoms with Gasteiger partial charge in [0.25, 0.3) is 0 Å². The van der Waals surface area contributed by atoms with Gasteiger partial charge in [-0.05, 0) is 19.8 Å². The van der Waals surface area contributed by atoms with Gasteiger partial charge in [0.15, 0.2) is 11.7 Å². The topological polar surface area (TPSA) is 70.2 Å². The van der Waals surface area contributed by atoms with Gasteiger partial charge < -0.3 is 10.6 Å². The minimum absolute atomic E-state index is 0.0164. The van der Waals surface area contributed by atoms with Crippen molar-refractivity contribution in [2.75, 3.05) is 6.54 Å². The predicted octanol–water partition coefficient (Wildman–Crippen LogP) is -0.0667. The number of hydrogen-bond donors (Lipinski definition) is 2. The van der Waals surface area contributed by atoms with Gasteiger partial charge in [0, 0.05) is 6.54 Å². The number of carbonyl (C=O) groups is 1. The van der Waals surface area contributed by atoms with Gasteiger partial charge in [-0.25, -0.2) is 0 Å². The Kier molecular flexibility index (Phi) is 2.12. The van der Waals surface area contributed by atoms with Crippen LogP contribution in [0, 0.1) is 5.41 Å². The van der Waals surface area contributed by atoms with E-state index in [2.05, 4.69) is 0 Å². The van der Waals surface area contributed by atoms with E-state index in [1.807, 2.05) is 0 Å². The van der Waals surface area contributed by atoms with Crippen molar-refractivity contribution >= 4 is 11.7 Å². The number of likely N-dealkylation sites (tertiary alicyclic amines) is 1. The van der Waals surface area contributed by atoms with Crippen LogP contribution in [0.3, 0.4) is 0 Å². The highest BCUT2D eigenvalue weighted by Gasteiger charge is 2.28. The first kappa shape index (κ1) is 8.04. The number of nitrogens with zero attached hydrogens (tertiary/aromatic N) is 1. The molecule has 1 saturated heterocycles.